The summed E-state index contributed by atoms with van der Waals surface area (Å²) in [5.41, 5.74) is 1.41. The molecule has 1 aliphatic rings. The highest BCUT2D eigenvalue weighted by Gasteiger charge is 2.13. The predicted molar refractivity (Wildman–Crippen MR) is 75.9 cm³/mol. The Morgan fingerprint density at radius 2 is 2.21 bits per heavy atom. The minimum Gasteiger partial charge on any atom is -0.463 e. The second kappa shape index (κ2) is 7.48. The molecule has 0 spiro atoms. The second-order valence-electron chi connectivity index (χ2n) is 4.93. The number of nitrogens with zero attached hydrogens (tertiary/aromatic N) is 1. The van der Waals surface area contributed by atoms with Crippen molar-refractivity contribution in [3.63, 3.8) is 0 Å². The maximum absolute atomic E-state index is 5.81. The van der Waals surface area contributed by atoms with Crippen LogP contribution in [-0.2, 0) is 17.8 Å². The van der Waals surface area contributed by atoms with E-state index in [1.165, 1.54) is 5.57 Å². The van der Waals surface area contributed by atoms with Crippen molar-refractivity contribution in [3.8, 4) is 0 Å². The molecule has 1 aliphatic heterocycles. The molecule has 1 aromatic rings. The fraction of sp³-hybridized carbons (Fsp3) is 0.600. The lowest BCUT2D eigenvalue weighted by molar-refractivity contribution is 0.206. The van der Waals surface area contributed by atoms with Crippen LogP contribution >= 0.6 is 0 Å². The zero-order valence-electron chi connectivity index (χ0n) is 11.9. The molecule has 106 valence electrons. The SMILES string of the molecule is CCNCc1ccc(CN2CC=C(COC)CC2)o1. The number of ether oxygens (including phenoxy) is 1. The smallest absolute Gasteiger partial charge is 0.118 e. The number of nitrogens with one attached hydrogen (secondary N) is 1. The van der Waals surface area contributed by atoms with Crippen LogP contribution in [0.1, 0.15) is 24.9 Å². The molecule has 19 heavy (non-hydrogen) atoms. The highest BCUT2D eigenvalue weighted by Crippen LogP contribution is 2.15. The van der Waals surface area contributed by atoms with Gasteiger partial charge in [0.25, 0.3) is 0 Å². The van der Waals surface area contributed by atoms with Crippen molar-refractivity contribution in [3.05, 3.63) is 35.3 Å². The monoisotopic (exact) mass is 264 g/mol. The molecule has 2 rings (SSSR count). The van der Waals surface area contributed by atoms with Crippen LogP contribution in [-0.4, -0.2) is 38.3 Å². The molecule has 2 heterocycles. The number of furan rings is 1. The number of rotatable bonds is 7. The van der Waals surface area contributed by atoms with E-state index < -0.39 is 0 Å². The summed E-state index contributed by atoms with van der Waals surface area (Å²) in [7, 11) is 1.75. The van der Waals surface area contributed by atoms with Crippen molar-refractivity contribution in [2.75, 3.05) is 33.4 Å². The van der Waals surface area contributed by atoms with Crippen LogP contribution in [0.25, 0.3) is 0 Å². The molecule has 0 unspecified atom stereocenters. The van der Waals surface area contributed by atoms with E-state index in [0.29, 0.717) is 0 Å². The molecule has 0 fully saturated rings. The average Bonchev–Trinajstić information content (AvgIpc) is 2.87. The summed E-state index contributed by atoms with van der Waals surface area (Å²) in [4.78, 5) is 2.40. The maximum Gasteiger partial charge on any atom is 0.118 e. The Kier molecular flexibility index (Phi) is 5.63. The summed E-state index contributed by atoms with van der Waals surface area (Å²) in [5.74, 6) is 2.07. The fourth-order valence-electron chi connectivity index (χ4n) is 2.28. The van der Waals surface area contributed by atoms with Gasteiger partial charge in [0.15, 0.2) is 0 Å². The van der Waals surface area contributed by atoms with Crippen molar-refractivity contribution in [1.82, 2.24) is 10.2 Å². The molecule has 0 saturated heterocycles. The van der Waals surface area contributed by atoms with Gasteiger partial charge in [-0.2, -0.15) is 0 Å². The zero-order chi connectivity index (χ0) is 13.5. The number of hydrogen-bond acceptors (Lipinski definition) is 4. The standard InChI is InChI=1S/C15H24N2O2/c1-3-16-10-14-4-5-15(19-14)11-17-8-6-13(7-9-17)12-18-2/h4-6,16H,3,7-12H2,1-2H3. The van der Waals surface area contributed by atoms with Crippen LogP contribution in [0.5, 0.6) is 0 Å². The molecule has 0 aliphatic carbocycles. The normalized spacial score (nSPS) is 16.6. The molecule has 0 radical (unpaired) electrons. The van der Waals surface area contributed by atoms with Gasteiger partial charge in [-0.1, -0.05) is 13.0 Å². The largest absolute Gasteiger partial charge is 0.463 e. The van der Waals surface area contributed by atoms with Crippen molar-refractivity contribution in [1.29, 1.82) is 0 Å². The zero-order valence-corrected chi connectivity index (χ0v) is 11.9. The van der Waals surface area contributed by atoms with Gasteiger partial charge in [-0.05, 0) is 30.7 Å². The lowest BCUT2D eigenvalue weighted by Crippen LogP contribution is -2.28. The third-order valence-corrected chi connectivity index (χ3v) is 3.36. The van der Waals surface area contributed by atoms with Gasteiger partial charge >= 0.3 is 0 Å². The third kappa shape index (κ3) is 4.49. The van der Waals surface area contributed by atoms with Gasteiger partial charge in [0.2, 0.25) is 0 Å². The molecule has 0 saturated carbocycles. The van der Waals surface area contributed by atoms with Gasteiger partial charge in [-0.3, -0.25) is 4.90 Å². The number of methoxy groups -OCH3 is 1. The molecular formula is C15H24N2O2. The molecule has 0 aromatic carbocycles. The second-order valence-corrected chi connectivity index (χ2v) is 4.93. The van der Waals surface area contributed by atoms with Gasteiger partial charge in [-0.25, -0.2) is 0 Å². The first-order valence-corrected chi connectivity index (χ1v) is 6.99. The van der Waals surface area contributed by atoms with E-state index in [4.69, 9.17) is 9.15 Å². The fourth-order valence-corrected chi connectivity index (χ4v) is 2.28. The predicted octanol–water partition coefficient (Wildman–Crippen LogP) is 2.17. The van der Waals surface area contributed by atoms with Crippen molar-refractivity contribution in [2.24, 2.45) is 0 Å². The molecule has 4 nitrogen and oxygen atoms in total. The first kappa shape index (κ1) is 14.3. The van der Waals surface area contributed by atoms with E-state index in [2.05, 4.69) is 35.3 Å². The lowest BCUT2D eigenvalue weighted by Gasteiger charge is -2.25. The quantitative estimate of drug-likeness (QED) is 0.766. The minimum absolute atomic E-state index is 0.765. The van der Waals surface area contributed by atoms with Gasteiger partial charge in [0.05, 0.1) is 19.7 Å². The van der Waals surface area contributed by atoms with Crippen LogP contribution in [0.4, 0.5) is 0 Å². The number of hydrogen-bond donors (Lipinski definition) is 1. The Labute approximate surface area is 115 Å². The van der Waals surface area contributed by atoms with Crippen LogP contribution in [0.2, 0.25) is 0 Å². The van der Waals surface area contributed by atoms with E-state index in [1.807, 2.05) is 0 Å². The molecule has 1 N–H and O–H groups in total. The Morgan fingerprint density at radius 3 is 2.89 bits per heavy atom. The molecular weight excluding hydrogens is 240 g/mol. The highest BCUT2D eigenvalue weighted by atomic mass is 16.5. The van der Waals surface area contributed by atoms with Gasteiger partial charge < -0.3 is 14.5 Å². The average molecular weight is 264 g/mol. The van der Waals surface area contributed by atoms with Gasteiger partial charge in [0, 0.05) is 20.2 Å². The van der Waals surface area contributed by atoms with Crippen LogP contribution in [0.3, 0.4) is 0 Å². The lowest BCUT2D eigenvalue weighted by atomic mass is 10.1. The third-order valence-electron chi connectivity index (χ3n) is 3.36. The van der Waals surface area contributed by atoms with Crippen molar-refractivity contribution < 1.29 is 9.15 Å². The topological polar surface area (TPSA) is 37.6 Å². The van der Waals surface area contributed by atoms with Crippen molar-refractivity contribution in [2.45, 2.75) is 26.4 Å². The van der Waals surface area contributed by atoms with Crippen molar-refractivity contribution >= 4 is 0 Å². The Hall–Kier alpha value is -1.10. The Balaban J connectivity index is 1.80. The Bertz CT molecular complexity index is 412. The van der Waals surface area contributed by atoms with E-state index in [9.17, 15) is 0 Å². The molecule has 0 atom stereocenters. The Morgan fingerprint density at radius 1 is 1.37 bits per heavy atom. The van der Waals surface area contributed by atoms with Crippen LogP contribution in [0, 0.1) is 0 Å². The van der Waals surface area contributed by atoms with E-state index in [0.717, 1.165) is 57.3 Å². The first-order chi connectivity index (χ1) is 9.31. The summed E-state index contributed by atoms with van der Waals surface area (Å²) in [6.45, 7) is 7.61. The molecule has 1 aromatic heterocycles. The molecule has 0 amide bonds. The maximum atomic E-state index is 5.81. The first-order valence-electron chi connectivity index (χ1n) is 6.99. The molecule has 0 bridgehead atoms. The summed E-state index contributed by atoms with van der Waals surface area (Å²) >= 11 is 0. The van der Waals surface area contributed by atoms with E-state index in [-0.39, 0.29) is 0 Å². The summed E-state index contributed by atoms with van der Waals surface area (Å²) < 4.78 is 11.0. The summed E-state index contributed by atoms with van der Waals surface area (Å²) in [6, 6.07) is 4.15. The van der Waals surface area contributed by atoms with Crippen LogP contribution < -0.4 is 5.32 Å². The highest BCUT2D eigenvalue weighted by molar-refractivity contribution is 5.10. The summed E-state index contributed by atoms with van der Waals surface area (Å²) in [6.07, 6.45) is 3.37. The van der Waals surface area contributed by atoms with E-state index in [1.54, 1.807) is 7.11 Å². The van der Waals surface area contributed by atoms with Gasteiger partial charge in [-0.15, -0.1) is 0 Å². The minimum atomic E-state index is 0.765. The van der Waals surface area contributed by atoms with Crippen LogP contribution in [0.15, 0.2) is 28.2 Å². The van der Waals surface area contributed by atoms with Gasteiger partial charge in [0.1, 0.15) is 11.5 Å². The molecule has 4 heteroatoms. The summed E-state index contributed by atoms with van der Waals surface area (Å²) in [5, 5.41) is 3.27. The van der Waals surface area contributed by atoms with E-state index >= 15 is 0 Å².